The number of nitrogen functional groups attached to an aromatic ring is 1. The predicted molar refractivity (Wildman–Crippen MR) is 72.7 cm³/mol. The van der Waals surface area contributed by atoms with Crippen molar-refractivity contribution in [3.63, 3.8) is 0 Å². The fourth-order valence-corrected chi connectivity index (χ4v) is 3.23. The smallest absolute Gasteiger partial charge is 0.350 e. The summed E-state index contributed by atoms with van der Waals surface area (Å²) in [4.78, 5) is 14.4. The molecule has 2 rings (SSSR count). The summed E-state index contributed by atoms with van der Waals surface area (Å²) in [5.74, 6) is 0.230. The van der Waals surface area contributed by atoms with Crippen molar-refractivity contribution in [3.8, 4) is 5.75 Å². The van der Waals surface area contributed by atoms with Gasteiger partial charge in [-0.2, -0.15) is 0 Å². The van der Waals surface area contributed by atoms with E-state index in [0.717, 1.165) is 30.9 Å². The van der Waals surface area contributed by atoms with Crippen LogP contribution in [0.4, 0.5) is 10.7 Å². The predicted octanol–water partition coefficient (Wildman–Crippen LogP) is 2.12. The zero-order valence-corrected chi connectivity index (χ0v) is 11.5. The molecule has 0 atom stereocenters. The van der Waals surface area contributed by atoms with Crippen molar-refractivity contribution in [1.82, 2.24) is 0 Å². The van der Waals surface area contributed by atoms with Crippen LogP contribution < -0.4 is 15.4 Å². The molecule has 1 aromatic heterocycles. The van der Waals surface area contributed by atoms with Crippen molar-refractivity contribution in [2.75, 3.05) is 37.4 Å². The van der Waals surface area contributed by atoms with E-state index in [4.69, 9.17) is 15.2 Å². The maximum absolute atomic E-state index is 11.8. The van der Waals surface area contributed by atoms with Gasteiger partial charge in [0.25, 0.3) is 0 Å². The van der Waals surface area contributed by atoms with Crippen molar-refractivity contribution < 1.29 is 14.3 Å². The first-order chi connectivity index (χ1) is 8.69. The number of nitrogens with two attached hydrogens (primary N) is 1. The lowest BCUT2D eigenvalue weighted by atomic mass is 10.3. The average Bonchev–Trinajstić information content (AvgIpc) is 2.96. The SMILES string of the molecule is CCOC(=O)c1sc(N2CCCC2)c(OC)c1N. The van der Waals surface area contributed by atoms with Crippen LogP contribution in [0, 0.1) is 0 Å². The summed E-state index contributed by atoms with van der Waals surface area (Å²) in [7, 11) is 1.58. The Kier molecular flexibility index (Phi) is 3.96. The Morgan fingerprint density at radius 1 is 1.44 bits per heavy atom. The van der Waals surface area contributed by atoms with E-state index in [1.54, 1.807) is 14.0 Å². The van der Waals surface area contributed by atoms with Gasteiger partial charge in [-0.15, -0.1) is 11.3 Å². The van der Waals surface area contributed by atoms with Crippen molar-refractivity contribution in [3.05, 3.63) is 4.88 Å². The van der Waals surface area contributed by atoms with Crippen LogP contribution in [-0.4, -0.2) is 32.8 Å². The monoisotopic (exact) mass is 270 g/mol. The van der Waals surface area contributed by atoms with Gasteiger partial charge in [0.1, 0.15) is 15.6 Å². The molecular weight excluding hydrogens is 252 g/mol. The second kappa shape index (κ2) is 5.48. The van der Waals surface area contributed by atoms with Crippen LogP contribution in [0.3, 0.4) is 0 Å². The van der Waals surface area contributed by atoms with Crippen molar-refractivity contribution in [1.29, 1.82) is 0 Å². The summed E-state index contributed by atoms with van der Waals surface area (Å²) < 4.78 is 10.3. The molecule has 0 aliphatic carbocycles. The van der Waals surface area contributed by atoms with Gasteiger partial charge in [-0.1, -0.05) is 0 Å². The van der Waals surface area contributed by atoms with Gasteiger partial charge in [0, 0.05) is 13.1 Å². The van der Waals surface area contributed by atoms with Crippen LogP contribution in [-0.2, 0) is 4.74 Å². The first-order valence-electron chi connectivity index (χ1n) is 6.07. The Morgan fingerprint density at radius 3 is 2.67 bits per heavy atom. The van der Waals surface area contributed by atoms with Gasteiger partial charge in [-0.25, -0.2) is 4.79 Å². The van der Waals surface area contributed by atoms with Gasteiger partial charge in [-0.05, 0) is 19.8 Å². The van der Waals surface area contributed by atoms with E-state index in [1.165, 1.54) is 11.3 Å². The van der Waals surface area contributed by atoms with E-state index in [2.05, 4.69) is 4.90 Å². The summed E-state index contributed by atoms with van der Waals surface area (Å²) in [6.45, 7) is 4.09. The summed E-state index contributed by atoms with van der Waals surface area (Å²) in [6.07, 6.45) is 2.32. The standard InChI is InChI=1S/C12H18N2O3S/c1-3-17-12(15)10-8(13)9(16-2)11(18-10)14-6-4-5-7-14/h3-7,13H2,1-2H3. The molecule has 1 saturated heterocycles. The first kappa shape index (κ1) is 13.0. The number of hydrogen-bond donors (Lipinski definition) is 1. The van der Waals surface area contributed by atoms with Crippen molar-refractivity contribution in [2.24, 2.45) is 0 Å². The number of rotatable bonds is 4. The highest BCUT2D eigenvalue weighted by molar-refractivity contribution is 7.19. The third kappa shape index (κ3) is 2.25. The zero-order chi connectivity index (χ0) is 13.1. The molecule has 1 aromatic rings. The third-order valence-electron chi connectivity index (χ3n) is 2.94. The molecule has 1 aliphatic heterocycles. The van der Waals surface area contributed by atoms with Gasteiger partial charge in [0.05, 0.1) is 13.7 Å². The van der Waals surface area contributed by atoms with Crippen molar-refractivity contribution >= 4 is 28.0 Å². The largest absolute Gasteiger partial charge is 0.492 e. The molecule has 2 heterocycles. The van der Waals surface area contributed by atoms with Crippen LogP contribution in [0.5, 0.6) is 5.75 Å². The number of carbonyl (C=O) groups excluding carboxylic acids is 1. The number of methoxy groups -OCH3 is 1. The van der Waals surface area contributed by atoms with E-state index in [9.17, 15) is 4.79 Å². The highest BCUT2D eigenvalue weighted by Crippen LogP contribution is 2.45. The Balaban J connectivity index is 2.34. The normalized spacial score (nSPS) is 14.9. The van der Waals surface area contributed by atoms with Crippen LogP contribution in [0.25, 0.3) is 0 Å². The fraction of sp³-hybridized carbons (Fsp3) is 0.583. The molecule has 0 unspecified atom stereocenters. The molecule has 0 amide bonds. The van der Waals surface area contributed by atoms with Crippen molar-refractivity contribution in [2.45, 2.75) is 19.8 Å². The lowest BCUT2D eigenvalue weighted by molar-refractivity contribution is 0.0533. The maximum atomic E-state index is 11.8. The molecule has 100 valence electrons. The highest BCUT2D eigenvalue weighted by Gasteiger charge is 2.27. The molecule has 0 aromatic carbocycles. The molecular formula is C12H18N2O3S. The molecule has 0 saturated carbocycles. The van der Waals surface area contributed by atoms with E-state index in [1.807, 2.05) is 0 Å². The number of hydrogen-bond acceptors (Lipinski definition) is 6. The molecule has 18 heavy (non-hydrogen) atoms. The van der Waals surface area contributed by atoms with Gasteiger partial charge in [0.15, 0.2) is 5.75 Å². The molecule has 5 nitrogen and oxygen atoms in total. The number of nitrogens with zero attached hydrogens (tertiary/aromatic N) is 1. The second-order valence-electron chi connectivity index (χ2n) is 4.10. The number of thiophene rings is 1. The molecule has 0 spiro atoms. The van der Waals surface area contributed by atoms with Gasteiger partial charge in [-0.3, -0.25) is 0 Å². The molecule has 0 radical (unpaired) electrons. The minimum Gasteiger partial charge on any atom is -0.492 e. The summed E-state index contributed by atoms with van der Waals surface area (Å²) in [5, 5.41) is 0.940. The zero-order valence-electron chi connectivity index (χ0n) is 10.7. The number of anilines is 2. The molecule has 1 aliphatic rings. The number of carbonyl (C=O) groups is 1. The average molecular weight is 270 g/mol. The fourth-order valence-electron chi connectivity index (χ4n) is 2.09. The lowest BCUT2D eigenvalue weighted by Crippen LogP contribution is -2.16. The van der Waals surface area contributed by atoms with Gasteiger partial charge < -0.3 is 20.1 Å². The molecule has 0 bridgehead atoms. The Hall–Kier alpha value is -1.43. The van der Waals surface area contributed by atoms with Gasteiger partial charge in [0.2, 0.25) is 0 Å². The topological polar surface area (TPSA) is 64.8 Å². The molecule has 2 N–H and O–H groups in total. The Bertz CT molecular complexity index is 439. The first-order valence-corrected chi connectivity index (χ1v) is 6.89. The maximum Gasteiger partial charge on any atom is 0.350 e. The lowest BCUT2D eigenvalue weighted by Gasteiger charge is -2.16. The number of ether oxygens (including phenoxy) is 2. The van der Waals surface area contributed by atoms with E-state index < -0.39 is 0 Å². The van der Waals surface area contributed by atoms with Crippen LogP contribution in [0.2, 0.25) is 0 Å². The van der Waals surface area contributed by atoms with Gasteiger partial charge >= 0.3 is 5.97 Å². The van der Waals surface area contributed by atoms with Crippen LogP contribution in [0.1, 0.15) is 29.4 Å². The molecule has 1 fully saturated rings. The Labute approximate surface area is 110 Å². The van der Waals surface area contributed by atoms with Crippen LogP contribution >= 0.6 is 11.3 Å². The van der Waals surface area contributed by atoms with E-state index >= 15 is 0 Å². The third-order valence-corrected chi connectivity index (χ3v) is 4.17. The van der Waals surface area contributed by atoms with E-state index in [0.29, 0.717) is 22.9 Å². The summed E-state index contributed by atoms with van der Waals surface area (Å²) in [6, 6.07) is 0. The summed E-state index contributed by atoms with van der Waals surface area (Å²) >= 11 is 1.36. The highest BCUT2D eigenvalue weighted by atomic mass is 32.1. The minimum absolute atomic E-state index is 0.345. The molecule has 6 heteroatoms. The Morgan fingerprint density at radius 2 is 2.11 bits per heavy atom. The quantitative estimate of drug-likeness (QED) is 0.849. The second-order valence-corrected chi connectivity index (χ2v) is 5.10. The summed E-state index contributed by atoms with van der Waals surface area (Å²) in [5.41, 5.74) is 6.36. The van der Waals surface area contributed by atoms with E-state index in [-0.39, 0.29) is 5.97 Å². The minimum atomic E-state index is -0.372. The van der Waals surface area contributed by atoms with Crippen LogP contribution in [0.15, 0.2) is 0 Å². The number of esters is 1.